The summed E-state index contributed by atoms with van der Waals surface area (Å²) in [4.78, 5) is 0. The van der Waals surface area contributed by atoms with Gasteiger partial charge in [-0.15, -0.1) is 0 Å². The molecule has 0 aliphatic heterocycles. The first-order valence-corrected chi connectivity index (χ1v) is 7.92. The van der Waals surface area contributed by atoms with Gasteiger partial charge in [-0.25, -0.2) is 0 Å². The Hall–Kier alpha value is -0.630. The van der Waals surface area contributed by atoms with Crippen LogP contribution in [0.5, 0.6) is 5.75 Å². The van der Waals surface area contributed by atoms with Gasteiger partial charge in [0.1, 0.15) is 5.75 Å². The lowest BCUT2D eigenvalue weighted by Crippen LogP contribution is -2.16. The van der Waals surface area contributed by atoms with E-state index in [1.807, 2.05) is 30.7 Å². The molecule has 1 rings (SSSR count). The van der Waals surface area contributed by atoms with Crippen molar-refractivity contribution in [2.24, 2.45) is 0 Å². The SMILES string of the molecule is CC(C)(C)c1cccc(C(C)(C)C)c1O.CSC. The zero-order chi connectivity index (χ0) is 14.6. The van der Waals surface area contributed by atoms with Crippen molar-refractivity contribution in [1.82, 2.24) is 0 Å². The van der Waals surface area contributed by atoms with Crippen molar-refractivity contribution in [3.05, 3.63) is 29.3 Å². The smallest absolute Gasteiger partial charge is 0.123 e. The molecule has 0 aliphatic carbocycles. The maximum Gasteiger partial charge on any atom is 0.123 e. The lowest BCUT2D eigenvalue weighted by atomic mass is 9.80. The molecule has 0 unspecified atom stereocenters. The summed E-state index contributed by atoms with van der Waals surface area (Å²) in [5, 5.41) is 10.3. The minimum absolute atomic E-state index is 0.00859. The van der Waals surface area contributed by atoms with Crippen LogP contribution in [0.25, 0.3) is 0 Å². The first kappa shape index (κ1) is 17.4. The zero-order valence-electron chi connectivity index (χ0n) is 13.1. The predicted octanol–water partition coefficient (Wildman–Crippen LogP) is 4.97. The van der Waals surface area contributed by atoms with Crippen LogP contribution >= 0.6 is 11.8 Å². The highest BCUT2D eigenvalue weighted by molar-refractivity contribution is 7.97. The molecule has 1 aromatic rings. The summed E-state index contributed by atoms with van der Waals surface area (Å²) < 4.78 is 0. The summed E-state index contributed by atoms with van der Waals surface area (Å²) >= 11 is 1.75. The monoisotopic (exact) mass is 268 g/mol. The standard InChI is InChI=1S/C14H22O.C2H6S/c1-13(2,3)10-8-7-9-11(12(10)15)14(4,5)6;1-3-2/h7-9,15H,1-6H3;1-2H3. The van der Waals surface area contributed by atoms with Crippen LogP contribution < -0.4 is 0 Å². The average molecular weight is 268 g/mol. The molecule has 2 heteroatoms. The molecule has 0 atom stereocenters. The Morgan fingerprint density at radius 2 is 1.11 bits per heavy atom. The van der Waals surface area contributed by atoms with Gasteiger partial charge < -0.3 is 5.11 Å². The van der Waals surface area contributed by atoms with Crippen molar-refractivity contribution < 1.29 is 5.11 Å². The second-order valence-electron chi connectivity index (χ2n) is 6.61. The van der Waals surface area contributed by atoms with E-state index in [1.54, 1.807) is 11.8 Å². The number of hydrogen-bond acceptors (Lipinski definition) is 2. The second-order valence-corrected chi connectivity index (χ2v) is 7.43. The molecule has 1 N–H and O–H groups in total. The van der Waals surface area contributed by atoms with Crippen molar-refractivity contribution in [2.45, 2.75) is 52.4 Å². The number of para-hydroxylation sites is 1. The first-order valence-electron chi connectivity index (χ1n) is 6.28. The van der Waals surface area contributed by atoms with Gasteiger partial charge in [-0.2, -0.15) is 11.8 Å². The van der Waals surface area contributed by atoms with Crippen LogP contribution in [0.1, 0.15) is 52.7 Å². The average Bonchev–Trinajstić information content (AvgIpc) is 2.15. The molecule has 0 aromatic heterocycles. The van der Waals surface area contributed by atoms with Gasteiger partial charge in [-0.3, -0.25) is 0 Å². The van der Waals surface area contributed by atoms with Crippen LogP contribution in [-0.2, 0) is 10.8 Å². The van der Waals surface area contributed by atoms with Gasteiger partial charge in [0.25, 0.3) is 0 Å². The fraction of sp³-hybridized carbons (Fsp3) is 0.625. The molecular formula is C16H28OS. The summed E-state index contributed by atoms with van der Waals surface area (Å²) in [5.41, 5.74) is 2.03. The lowest BCUT2D eigenvalue weighted by Gasteiger charge is -2.26. The molecule has 0 spiro atoms. The van der Waals surface area contributed by atoms with Gasteiger partial charge in [0, 0.05) is 0 Å². The van der Waals surface area contributed by atoms with Crippen molar-refractivity contribution >= 4 is 11.8 Å². The molecule has 0 heterocycles. The Bertz CT molecular complexity index is 337. The lowest BCUT2D eigenvalue weighted by molar-refractivity contribution is 0.423. The van der Waals surface area contributed by atoms with E-state index in [-0.39, 0.29) is 10.8 Å². The van der Waals surface area contributed by atoms with Crippen molar-refractivity contribution in [1.29, 1.82) is 0 Å². The quantitative estimate of drug-likeness (QED) is 0.717. The zero-order valence-corrected chi connectivity index (χ0v) is 13.9. The fourth-order valence-electron chi connectivity index (χ4n) is 1.75. The molecule has 0 amide bonds. The van der Waals surface area contributed by atoms with E-state index in [9.17, 15) is 5.11 Å². The highest BCUT2D eigenvalue weighted by atomic mass is 32.2. The number of benzene rings is 1. The third-order valence-electron chi connectivity index (χ3n) is 2.65. The maximum absolute atomic E-state index is 10.3. The van der Waals surface area contributed by atoms with Gasteiger partial charge >= 0.3 is 0 Å². The Labute approximate surface area is 117 Å². The molecule has 0 bridgehead atoms. The first-order chi connectivity index (χ1) is 8.05. The predicted molar refractivity (Wildman–Crippen MR) is 84.9 cm³/mol. The molecule has 0 radical (unpaired) electrons. The van der Waals surface area contributed by atoms with Crippen LogP contribution in [0.3, 0.4) is 0 Å². The van der Waals surface area contributed by atoms with E-state index < -0.39 is 0 Å². The number of phenols is 1. The molecule has 1 nitrogen and oxygen atoms in total. The van der Waals surface area contributed by atoms with E-state index in [0.717, 1.165) is 11.1 Å². The summed E-state index contributed by atoms with van der Waals surface area (Å²) in [6, 6.07) is 6.04. The largest absolute Gasteiger partial charge is 0.507 e. The van der Waals surface area contributed by atoms with Gasteiger partial charge in [-0.1, -0.05) is 59.7 Å². The third-order valence-corrected chi connectivity index (χ3v) is 2.65. The van der Waals surface area contributed by atoms with Gasteiger partial charge in [0.15, 0.2) is 0 Å². The molecule has 104 valence electrons. The van der Waals surface area contributed by atoms with Crippen LogP contribution in [0, 0.1) is 0 Å². The number of rotatable bonds is 0. The number of phenolic OH excluding ortho intramolecular Hbond substituents is 1. The molecule has 18 heavy (non-hydrogen) atoms. The molecule has 0 aliphatic rings. The topological polar surface area (TPSA) is 20.2 Å². The number of thioether (sulfide) groups is 1. The summed E-state index contributed by atoms with van der Waals surface area (Å²) in [7, 11) is 0. The van der Waals surface area contributed by atoms with E-state index in [1.165, 1.54) is 0 Å². The normalized spacial score (nSPS) is 11.8. The van der Waals surface area contributed by atoms with Gasteiger partial charge in [-0.05, 0) is 34.5 Å². The highest BCUT2D eigenvalue weighted by Gasteiger charge is 2.24. The molecule has 1 aromatic carbocycles. The van der Waals surface area contributed by atoms with Crippen LogP contribution in [-0.4, -0.2) is 17.6 Å². The Balaban J connectivity index is 0.000000873. The molecule has 0 saturated carbocycles. The Morgan fingerprint density at radius 1 is 0.833 bits per heavy atom. The molecular weight excluding hydrogens is 240 g/mol. The highest BCUT2D eigenvalue weighted by Crippen LogP contribution is 2.38. The summed E-state index contributed by atoms with van der Waals surface area (Å²) in [6.45, 7) is 12.7. The molecule has 0 fully saturated rings. The van der Waals surface area contributed by atoms with Crippen molar-refractivity contribution in [3.8, 4) is 5.75 Å². The van der Waals surface area contributed by atoms with Gasteiger partial charge in [0.2, 0.25) is 0 Å². The van der Waals surface area contributed by atoms with Crippen LogP contribution in [0.2, 0.25) is 0 Å². The third kappa shape index (κ3) is 4.93. The van der Waals surface area contributed by atoms with Crippen LogP contribution in [0.4, 0.5) is 0 Å². The minimum Gasteiger partial charge on any atom is -0.507 e. The molecule has 0 saturated heterocycles. The van der Waals surface area contributed by atoms with Crippen molar-refractivity contribution in [3.63, 3.8) is 0 Å². The van der Waals surface area contributed by atoms with E-state index in [2.05, 4.69) is 41.5 Å². The number of aromatic hydroxyl groups is 1. The van der Waals surface area contributed by atoms with E-state index in [0.29, 0.717) is 5.75 Å². The van der Waals surface area contributed by atoms with Gasteiger partial charge in [0.05, 0.1) is 0 Å². The summed E-state index contributed by atoms with van der Waals surface area (Å²) in [6.07, 6.45) is 4.08. The fourth-order valence-corrected chi connectivity index (χ4v) is 1.75. The Morgan fingerprint density at radius 3 is 1.33 bits per heavy atom. The van der Waals surface area contributed by atoms with E-state index >= 15 is 0 Å². The van der Waals surface area contributed by atoms with E-state index in [4.69, 9.17) is 0 Å². The number of hydrogen-bond donors (Lipinski definition) is 1. The maximum atomic E-state index is 10.3. The summed E-state index contributed by atoms with van der Waals surface area (Å²) in [5.74, 6) is 0.456. The Kier molecular flexibility index (Phi) is 6.28. The van der Waals surface area contributed by atoms with Crippen LogP contribution in [0.15, 0.2) is 18.2 Å². The van der Waals surface area contributed by atoms with Crippen molar-refractivity contribution in [2.75, 3.05) is 12.5 Å². The second kappa shape index (κ2) is 6.51. The minimum atomic E-state index is -0.00859.